The van der Waals surface area contributed by atoms with Gasteiger partial charge in [0.1, 0.15) is 5.75 Å². The van der Waals surface area contributed by atoms with Crippen molar-refractivity contribution in [3.63, 3.8) is 0 Å². The summed E-state index contributed by atoms with van der Waals surface area (Å²) in [5.41, 5.74) is 3.34. The fourth-order valence-electron chi connectivity index (χ4n) is 5.01. The van der Waals surface area contributed by atoms with Crippen molar-refractivity contribution in [2.45, 2.75) is 50.8 Å². The minimum absolute atomic E-state index is 0.00150. The Morgan fingerprint density at radius 3 is 2.57 bits per heavy atom. The molecule has 158 valence electrons. The third kappa shape index (κ3) is 3.45. The molecule has 2 aromatic carbocycles. The monoisotopic (exact) mass is 470 g/mol. The van der Waals surface area contributed by atoms with Gasteiger partial charge in [0.2, 0.25) is 0 Å². The molecule has 1 aliphatic carbocycles. The molecule has 2 heterocycles. The van der Waals surface area contributed by atoms with E-state index >= 15 is 0 Å². The summed E-state index contributed by atoms with van der Waals surface area (Å²) in [4.78, 5) is 0. The molecule has 0 bridgehead atoms. The molecule has 2 aliphatic heterocycles. The van der Waals surface area contributed by atoms with Crippen LogP contribution in [0.2, 0.25) is 0 Å². The number of halogens is 1. The average molecular weight is 471 g/mol. The molecule has 0 saturated heterocycles. The van der Waals surface area contributed by atoms with E-state index < -0.39 is 0 Å². The Bertz CT molecular complexity index is 971. The van der Waals surface area contributed by atoms with Crippen LogP contribution < -0.4 is 14.2 Å². The molecule has 1 fully saturated rings. The fourth-order valence-corrected chi connectivity index (χ4v) is 5.39. The van der Waals surface area contributed by atoms with Crippen LogP contribution in [0.15, 0.2) is 46.0 Å². The summed E-state index contributed by atoms with van der Waals surface area (Å²) in [6, 6.07) is 12.6. The molecule has 0 aromatic heterocycles. The molecule has 0 spiro atoms. The second-order valence-electron chi connectivity index (χ2n) is 8.31. The zero-order chi connectivity index (χ0) is 20.7. The van der Waals surface area contributed by atoms with Crippen molar-refractivity contribution in [1.29, 1.82) is 0 Å². The SMILES string of the molecule is COc1ccc(C2=NN3[C@@H](C2)c2cc(Br)ccc2O[C@H]3C2CCCCC2)cc1OC. The molecule has 2 atom stereocenters. The lowest BCUT2D eigenvalue weighted by Gasteiger charge is -2.42. The maximum atomic E-state index is 6.56. The first-order valence-corrected chi connectivity index (χ1v) is 11.5. The van der Waals surface area contributed by atoms with Crippen LogP contribution in [-0.4, -0.2) is 31.2 Å². The molecule has 1 saturated carbocycles. The average Bonchev–Trinajstić information content (AvgIpc) is 3.24. The Hall–Kier alpha value is -2.21. The molecule has 5 rings (SSSR count). The third-order valence-corrected chi connectivity index (χ3v) is 7.04. The predicted molar refractivity (Wildman–Crippen MR) is 120 cm³/mol. The summed E-state index contributed by atoms with van der Waals surface area (Å²) in [6.07, 6.45) is 7.16. The van der Waals surface area contributed by atoms with E-state index in [0.29, 0.717) is 5.92 Å². The molecule has 3 aliphatic rings. The Morgan fingerprint density at radius 1 is 1.00 bits per heavy atom. The maximum Gasteiger partial charge on any atom is 0.190 e. The van der Waals surface area contributed by atoms with E-state index in [4.69, 9.17) is 19.3 Å². The second-order valence-corrected chi connectivity index (χ2v) is 9.22. The Morgan fingerprint density at radius 2 is 1.80 bits per heavy atom. The highest BCUT2D eigenvalue weighted by Gasteiger charge is 2.43. The van der Waals surface area contributed by atoms with E-state index in [1.165, 1.54) is 37.7 Å². The lowest BCUT2D eigenvalue weighted by molar-refractivity contribution is -0.0644. The van der Waals surface area contributed by atoms with Gasteiger partial charge in [0.05, 0.1) is 26.0 Å². The largest absolute Gasteiger partial charge is 0.493 e. The summed E-state index contributed by atoms with van der Waals surface area (Å²) in [6.45, 7) is 0. The van der Waals surface area contributed by atoms with Crippen LogP contribution in [0, 0.1) is 5.92 Å². The number of ether oxygens (including phenoxy) is 3. The molecule has 5 nitrogen and oxygen atoms in total. The number of hydrogen-bond acceptors (Lipinski definition) is 5. The van der Waals surface area contributed by atoms with Crippen LogP contribution in [0.3, 0.4) is 0 Å². The fraction of sp³-hybridized carbons (Fsp3) is 0.458. The van der Waals surface area contributed by atoms with Crippen LogP contribution in [0.4, 0.5) is 0 Å². The van der Waals surface area contributed by atoms with Gasteiger partial charge in [-0.3, -0.25) is 0 Å². The summed E-state index contributed by atoms with van der Waals surface area (Å²) < 4.78 is 18.6. The highest BCUT2D eigenvalue weighted by Crippen LogP contribution is 2.47. The summed E-state index contributed by atoms with van der Waals surface area (Å²) >= 11 is 3.63. The van der Waals surface area contributed by atoms with E-state index in [2.05, 4.69) is 45.2 Å². The van der Waals surface area contributed by atoms with Crippen molar-refractivity contribution in [1.82, 2.24) is 5.01 Å². The number of rotatable bonds is 4. The highest BCUT2D eigenvalue weighted by atomic mass is 79.9. The molecule has 30 heavy (non-hydrogen) atoms. The number of hydrogen-bond donors (Lipinski definition) is 0. The molecular weight excluding hydrogens is 444 g/mol. The van der Waals surface area contributed by atoms with E-state index in [1.807, 2.05) is 12.1 Å². The molecule has 0 radical (unpaired) electrons. The standard InChI is InChI=1S/C24H27BrN2O3/c1-28-22-10-8-16(12-23(22)29-2)19-14-20-18-13-17(25)9-11-21(18)30-24(27(20)26-19)15-6-4-3-5-7-15/h8-13,15,20,24H,3-7,14H2,1-2H3/t20-,24-/m0/s1. The summed E-state index contributed by atoms with van der Waals surface area (Å²) in [5.74, 6) is 2.98. The van der Waals surface area contributed by atoms with Crippen molar-refractivity contribution in [2.75, 3.05) is 14.2 Å². The smallest absolute Gasteiger partial charge is 0.190 e. The first-order chi connectivity index (χ1) is 14.7. The van der Waals surface area contributed by atoms with Crippen molar-refractivity contribution < 1.29 is 14.2 Å². The van der Waals surface area contributed by atoms with Crippen molar-refractivity contribution in [3.8, 4) is 17.2 Å². The number of hydrazone groups is 1. The summed E-state index contributed by atoms with van der Waals surface area (Å²) in [5, 5.41) is 7.34. The van der Waals surface area contributed by atoms with Gasteiger partial charge < -0.3 is 14.2 Å². The number of benzene rings is 2. The highest BCUT2D eigenvalue weighted by molar-refractivity contribution is 9.10. The van der Waals surface area contributed by atoms with Crippen LogP contribution in [-0.2, 0) is 0 Å². The van der Waals surface area contributed by atoms with Crippen LogP contribution in [0.1, 0.15) is 55.7 Å². The summed E-state index contributed by atoms with van der Waals surface area (Å²) in [7, 11) is 3.33. The van der Waals surface area contributed by atoms with Crippen LogP contribution in [0.25, 0.3) is 0 Å². The Kier molecular flexibility index (Phi) is 5.35. The van der Waals surface area contributed by atoms with Crippen LogP contribution >= 0.6 is 15.9 Å². The van der Waals surface area contributed by atoms with Crippen molar-refractivity contribution >= 4 is 21.6 Å². The number of nitrogens with zero attached hydrogens (tertiary/aromatic N) is 2. The molecule has 0 N–H and O–H groups in total. The van der Waals surface area contributed by atoms with Crippen molar-refractivity contribution in [2.24, 2.45) is 11.0 Å². The van der Waals surface area contributed by atoms with E-state index in [9.17, 15) is 0 Å². The lowest BCUT2D eigenvalue weighted by atomic mass is 9.86. The third-order valence-electron chi connectivity index (χ3n) is 6.55. The van der Waals surface area contributed by atoms with Gasteiger partial charge in [0.25, 0.3) is 0 Å². The van der Waals surface area contributed by atoms with Gasteiger partial charge in [0.15, 0.2) is 17.7 Å². The van der Waals surface area contributed by atoms with Gasteiger partial charge in [-0.05, 0) is 49.2 Å². The van der Waals surface area contributed by atoms with Gasteiger partial charge in [-0.1, -0.05) is 35.2 Å². The van der Waals surface area contributed by atoms with E-state index in [-0.39, 0.29) is 12.3 Å². The molecular formula is C24H27BrN2O3. The predicted octanol–water partition coefficient (Wildman–Crippen LogP) is 5.92. The molecule has 6 heteroatoms. The van der Waals surface area contributed by atoms with E-state index in [0.717, 1.165) is 39.4 Å². The van der Waals surface area contributed by atoms with Gasteiger partial charge in [0, 0.05) is 27.9 Å². The van der Waals surface area contributed by atoms with Gasteiger partial charge in [-0.25, -0.2) is 5.01 Å². The second kappa shape index (κ2) is 8.14. The van der Waals surface area contributed by atoms with Gasteiger partial charge in [-0.2, -0.15) is 5.10 Å². The van der Waals surface area contributed by atoms with Gasteiger partial charge >= 0.3 is 0 Å². The maximum absolute atomic E-state index is 6.56. The quantitative estimate of drug-likeness (QED) is 0.556. The normalized spacial score (nSPS) is 23.3. The molecule has 0 amide bonds. The lowest BCUT2D eigenvalue weighted by Crippen LogP contribution is -2.45. The van der Waals surface area contributed by atoms with Gasteiger partial charge in [-0.15, -0.1) is 0 Å². The topological polar surface area (TPSA) is 43.3 Å². The van der Waals surface area contributed by atoms with Crippen LogP contribution in [0.5, 0.6) is 17.2 Å². The number of methoxy groups -OCH3 is 2. The zero-order valence-corrected chi connectivity index (χ0v) is 19.0. The minimum Gasteiger partial charge on any atom is -0.493 e. The van der Waals surface area contributed by atoms with Crippen molar-refractivity contribution in [3.05, 3.63) is 52.0 Å². The minimum atomic E-state index is 0.00150. The van der Waals surface area contributed by atoms with E-state index in [1.54, 1.807) is 14.2 Å². The molecule has 0 unspecified atom stereocenters. The molecule has 2 aromatic rings. The Labute approximate surface area is 186 Å². The Balaban J connectivity index is 1.53. The zero-order valence-electron chi connectivity index (χ0n) is 17.4. The first kappa shape index (κ1) is 19.7. The first-order valence-electron chi connectivity index (χ1n) is 10.7. The number of fused-ring (bicyclic) bond motifs is 3.